The van der Waals surface area contributed by atoms with E-state index in [1.807, 2.05) is 0 Å². The summed E-state index contributed by atoms with van der Waals surface area (Å²) in [6.45, 7) is 8.25. The standard InChI is InChI=1S/C36H50O3/c1-4-5-6-7-27-8-9-35-25-34(19-18-33(35)24-27)31-16-14-29(15-17-31)28-10-12-30(13-11-28)32(20-22-37)21-23-39-36(38)26(2)3/h8-9,16,18-19,24-25,28-30,32,37H,2,4-7,10-15,17,20-23H2,1,3H3. The van der Waals surface area contributed by atoms with Crippen molar-refractivity contribution in [2.45, 2.75) is 97.3 Å². The Labute approximate surface area is 236 Å². The maximum Gasteiger partial charge on any atom is 0.333 e. The number of aryl methyl sites for hydroxylation is 1. The largest absolute Gasteiger partial charge is 0.462 e. The van der Waals surface area contributed by atoms with Crippen molar-refractivity contribution in [1.82, 2.24) is 0 Å². The highest BCUT2D eigenvalue weighted by Crippen LogP contribution is 2.44. The highest BCUT2D eigenvalue weighted by molar-refractivity contribution is 5.87. The van der Waals surface area contributed by atoms with Crippen LogP contribution < -0.4 is 0 Å². The number of hydrogen-bond donors (Lipinski definition) is 1. The van der Waals surface area contributed by atoms with E-state index < -0.39 is 0 Å². The zero-order valence-corrected chi connectivity index (χ0v) is 24.4. The Kier molecular flexibility index (Phi) is 11.3. The summed E-state index contributed by atoms with van der Waals surface area (Å²) >= 11 is 0. The Morgan fingerprint density at radius 1 is 1.00 bits per heavy atom. The highest BCUT2D eigenvalue weighted by atomic mass is 16.5. The van der Waals surface area contributed by atoms with E-state index in [4.69, 9.17) is 4.74 Å². The third-order valence-electron chi connectivity index (χ3n) is 9.52. The number of carbonyl (C=O) groups is 1. The van der Waals surface area contributed by atoms with Crippen molar-refractivity contribution in [3.63, 3.8) is 0 Å². The Morgan fingerprint density at radius 3 is 2.46 bits per heavy atom. The second-order valence-corrected chi connectivity index (χ2v) is 12.3. The van der Waals surface area contributed by atoms with Gasteiger partial charge in [0.15, 0.2) is 0 Å². The summed E-state index contributed by atoms with van der Waals surface area (Å²) in [4.78, 5) is 11.7. The molecule has 2 atom stereocenters. The minimum absolute atomic E-state index is 0.212. The smallest absolute Gasteiger partial charge is 0.333 e. The molecule has 4 rings (SSSR count). The fourth-order valence-electron chi connectivity index (χ4n) is 7.07. The number of ether oxygens (including phenoxy) is 1. The zero-order valence-electron chi connectivity index (χ0n) is 24.4. The first-order valence-corrected chi connectivity index (χ1v) is 15.6. The molecule has 1 N–H and O–H groups in total. The SMILES string of the molecule is C=C(C)C(=O)OCCC(CCO)C1CCC(C2CC=C(c3ccc4cc(CCCCC)ccc4c3)CC2)CC1. The molecule has 2 aliphatic rings. The average molecular weight is 531 g/mol. The Morgan fingerprint density at radius 2 is 1.77 bits per heavy atom. The summed E-state index contributed by atoms with van der Waals surface area (Å²) in [6, 6.07) is 14.1. The molecular weight excluding hydrogens is 480 g/mol. The molecule has 0 spiro atoms. The van der Waals surface area contributed by atoms with Crippen molar-refractivity contribution >= 4 is 22.3 Å². The van der Waals surface area contributed by atoms with Crippen LogP contribution in [0.3, 0.4) is 0 Å². The molecule has 0 aliphatic heterocycles. The third-order valence-corrected chi connectivity index (χ3v) is 9.52. The molecule has 3 nitrogen and oxygen atoms in total. The molecule has 0 bridgehead atoms. The molecule has 0 amide bonds. The molecule has 1 fully saturated rings. The molecule has 1 saturated carbocycles. The van der Waals surface area contributed by atoms with Crippen LogP contribution in [0.4, 0.5) is 0 Å². The van der Waals surface area contributed by atoms with Crippen LogP contribution in [-0.2, 0) is 16.0 Å². The first kappa shape index (κ1) is 29.6. The molecular formula is C36H50O3. The molecule has 212 valence electrons. The van der Waals surface area contributed by atoms with Crippen molar-refractivity contribution in [2.24, 2.45) is 23.7 Å². The van der Waals surface area contributed by atoms with E-state index in [1.54, 1.807) is 6.92 Å². The molecule has 2 unspecified atom stereocenters. The maximum atomic E-state index is 11.7. The van der Waals surface area contributed by atoms with Gasteiger partial charge in [-0.1, -0.05) is 62.8 Å². The number of hydrogen-bond acceptors (Lipinski definition) is 3. The van der Waals surface area contributed by atoms with Gasteiger partial charge in [-0.25, -0.2) is 4.79 Å². The van der Waals surface area contributed by atoms with Gasteiger partial charge >= 0.3 is 5.97 Å². The molecule has 39 heavy (non-hydrogen) atoms. The predicted molar refractivity (Wildman–Crippen MR) is 164 cm³/mol. The number of benzene rings is 2. The van der Waals surface area contributed by atoms with Crippen molar-refractivity contribution in [1.29, 1.82) is 0 Å². The molecule has 3 heteroatoms. The lowest BCUT2D eigenvalue weighted by molar-refractivity contribution is -0.139. The second-order valence-electron chi connectivity index (χ2n) is 12.3. The molecule has 0 heterocycles. The summed E-state index contributed by atoms with van der Waals surface area (Å²) in [5, 5.41) is 12.3. The van der Waals surface area contributed by atoms with Crippen LogP contribution >= 0.6 is 0 Å². The number of carbonyl (C=O) groups excluding carboxylic acids is 1. The van der Waals surface area contributed by atoms with Gasteiger partial charge in [0.2, 0.25) is 0 Å². The molecule has 2 aliphatic carbocycles. The molecule has 2 aromatic carbocycles. The highest BCUT2D eigenvalue weighted by Gasteiger charge is 2.32. The van der Waals surface area contributed by atoms with Gasteiger partial charge in [-0.2, -0.15) is 0 Å². The van der Waals surface area contributed by atoms with Crippen molar-refractivity contribution in [2.75, 3.05) is 13.2 Å². The quantitative estimate of drug-likeness (QED) is 0.160. The van der Waals surface area contributed by atoms with Crippen molar-refractivity contribution in [3.8, 4) is 0 Å². The van der Waals surface area contributed by atoms with Gasteiger partial charge in [0, 0.05) is 12.2 Å². The Bertz CT molecular complexity index is 1120. The van der Waals surface area contributed by atoms with E-state index >= 15 is 0 Å². The van der Waals surface area contributed by atoms with E-state index in [1.165, 1.54) is 98.1 Å². The van der Waals surface area contributed by atoms with Gasteiger partial charge in [0.25, 0.3) is 0 Å². The van der Waals surface area contributed by atoms with Crippen LogP contribution in [0.25, 0.3) is 16.3 Å². The van der Waals surface area contributed by atoms with Gasteiger partial charge < -0.3 is 9.84 Å². The first-order valence-electron chi connectivity index (χ1n) is 15.6. The third kappa shape index (κ3) is 8.30. The second kappa shape index (κ2) is 14.8. The number of fused-ring (bicyclic) bond motifs is 1. The summed E-state index contributed by atoms with van der Waals surface area (Å²) < 4.78 is 5.35. The molecule has 0 radical (unpaired) electrons. The number of rotatable bonds is 13. The molecule has 0 aromatic heterocycles. The summed E-state index contributed by atoms with van der Waals surface area (Å²) in [6.07, 6.45) is 18.0. The summed E-state index contributed by atoms with van der Waals surface area (Å²) in [7, 11) is 0. The number of allylic oxidation sites excluding steroid dienone is 2. The fourth-order valence-corrected chi connectivity index (χ4v) is 7.07. The van der Waals surface area contributed by atoms with E-state index in [2.05, 4.69) is 56.0 Å². The van der Waals surface area contributed by atoms with Crippen molar-refractivity contribution in [3.05, 3.63) is 65.8 Å². The van der Waals surface area contributed by atoms with Crippen LogP contribution in [0.15, 0.2) is 54.6 Å². The zero-order chi connectivity index (χ0) is 27.6. The minimum Gasteiger partial charge on any atom is -0.462 e. The van der Waals surface area contributed by atoms with Crippen LogP contribution in [0.5, 0.6) is 0 Å². The number of esters is 1. The summed E-state index contributed by atoms with van der Waals surface area (Å²) in [5.74, 6) is 2.39. The van der Waals surface area contributed by atoms with E-state index in [9.17, 15) is 9.90 Å². The van der Waals surface area contributed by atoms with E-state index in [-0.39, 0.29) is 12.6 Å². The Balaban J connectivity index is 1.27. The predicted octanol–water partition coefficient (Wildman–Crippen LogP) is 9.07. The normalized spacial score (nSPS) is 22.3. The minimum atomic E-state index is -0.304. The fraction of sp³-hybridized carbons (Fsp3) is 0.583. The lowest BCUT2D eigenvalue weighted by atomic mass is 9.68. The number of unbranched alkanes of at least 4 members (excludes halogenated alkanes) is 2. The van der Waals surface area contributed by atoms with Gasteiger partial charge in [-0.3, -0.25) is 0 Å². The lowest BCUT2D eigenvalue weighted by Gasteiger charge is -2.38. The number of aliphatic hydroxyl groups excluding tert-OH is 1. The van der Waals surface area contributed by atoms with Crippen molar-refractivity contribution < 1.29 is 14.6 Å². The number of aliphatic hydroxyl groups is 1. The Hall–Kier alpha value is -2.39. The molecule has 2 aromatic rings. The van der Waals surface area contributed by atoms with Crippen LogP contribution in [0.1, 0.15) is 102 Å². The monoisotopic (exact) mass is 530 g/mol. The van der Waals surface area contributed by atoms with Crippen LogP contribution in [0, 0.1) is 23.7 Å². The molecule has 0 saturated heterocycles. The first-order chi connectivity index (χ1) is 19.0. The maximum absolute atomic E-state index is 11.7. The van der Waals surface area contributed by atoms with Gasteiger partial charge in [0.1, 0.15) is 0 Å². The van der Waals surface area contributed by atoms with Gasteiger partial charge in [-0.15, -0.1) is 0 Å². The van der Waals surface area contributed by atoms with Crippen LogP contribution in [-0.4, -0.2) is 24.3 Å². The van der Waals surface area contributed by atoms with E-state index in [0.29, 0.717) is 24.0 Å². The van der Waals surface area contributed by atoms with Gasteiger partial charge in [-0.05, 0) is 135 Å². The lowest BCUT2D eigenvalue weighted by Crippen LogP contribution is -2.28. The average Bonchev–Trinajstić information content (AvgIpc) is 2.96. The van der Waals surface area contributed by atoms with Gasteiger partial charge in [0.05, 0.1) is 6.61 Å². The topological polar surface area (TPSA) is 46.5 Å². The summed E-state index contributed by atoms with van der Waals surface area (Å²) in [5.41, 5.74) is 4.85. The van der Waals surface area contributed by atoms with Crippen LogP contribution in [0.2, 0.25) is 0 Å². The van der Waals surface area contributed by atoms with E-state index in [0.717, 1.165) is 24.7 Å².